The molecule has 0 bridgehead atoms. The van der Waals surface area contributed by atoms with Crippen molar-refractivity contribution in [3.63, 3.8) is 0 Å². The highest BCUT2D eigenvalue weighted by Gasteiger charge is 2.30. The lowest BCUT2D eigenvalue weighted by molar-refractivity contribution is -0.137. The number of carbonyl (C=O) groups is 1. The van der Waals surface area contributed by atoms with Gasteiger partial charge in [-0.3, -0.25) is 4.79 Å². The monoisotopic (exact) mass is 350 g/mol. The highest BCUT2D eigenvalue weighted by Crippen LogP contribution is 2.31. The van der Waals surface area contributed by atoms with E-state index in [9.17, 15) is 18.0 Å². The SMILES string of the molecule is O=C(Nc1ccc(Oc2ccc(C(F)(F)F)cc2)cc1)[C@@H]1CCCN1. The normalized spacial score (nSPS) is 17.3. The number of anilines is 1. The molecule has 2 aromatic carbocycles. The Hall–Kier alpha value is -2.54. The Morgan fingerprint density at radius 3 is 2.16 bits per heavy atom. The van der Waals surface area contributed by atoms with Crippen LogP contribution in [0, 0.1) is 0 Å². The number of hydrogen-bond acceptors (Lipinski definition) is 3. The third-order valence-corrected chi connectivity index (χ3v) is 3.92. The molecule has 0 spiro atoms. The number of ether oxygens (including phenoxy) is 1. The molecule has 1 aliphatic rings. The van der Waals surface area contributed by atoms with Crippen molar-refractivity contribution in [3.8, 4) is 11.5 Å². The van der Waals surface area contributed by atoms with Crippen LogP contribution in [0.25, 0.3) is 0 Å². The standard InChI is InChI=1S/C18H17F3N2O2/c19-18(20,21)12-3-7-14(8-4-12)25-15-9-5-13(6-10-15)23-17(24)16-2-1-11-22-16/h3-10,16,22H,1-2,11H2,(H,23,24)/t16-/m0/s1. The molecule has 0 unspecified atom stereocenters. The van der Waals surface area contributed by atoms with E-state index in [1.807, 2.05) is 0 Å². The second-order valence-electron chi connectivity index (χ2n) is 5.79. The lowest BCUT2D eigenvalue weighted by atomic mass is 10.2. The second-order valence-corrected chi connectivity index (χ2v) is 5.79. The molecule has 25 heavy (non-hydrogen) atoms. The highest BCUT2D eigenvalue weighted by molar-refractivity contribution is 5.95. The van der Waals surface area contributed by atoms with Crippen molar-refractivity contribution in [1.82, 2.24) is 5.32 Å². The number of benzene rings is 2. The van der Waals surface area contributed by atoms with Gasteiger partial charge in [-0.15, -0.1) is 0 Å². The van der Waals surface area contributed by atoms with Crippen molar-refractivity contribution >= 4 is 11.6 Å². The number of carbonyl (C=O) groups excluding carboxylic acids is 1. The highest BCUT2D eigenvalue weighted by atomic mass is 19.4. The number of halogens is 3. The number of hydrogen-bond donors (Lipinski definition) is 2. The Morgan fingerprint density at radius 1 is 1.04 bits per heavy atom. The van der Waals surface area contributed by atoms with E-state index in [1.54, 1.807) is 24.3 Å². The van der Waals surface area contributed by atoms with Gasteiger partial charge in [0.2, 0.25) is 5.91 Å². The average Bonchev–Trinajstić information content (AvgIpc) is 3.11. The van der Waals surface area contributed by atoms with Crippen molar-refractivity contribution in [1.29, 1.82) is 0 Å². The Bertz CT molecular complexity index is 721. The second kappa shape index (κ2) is 7.14. The molecule has 132 valence electrons. The first-order valence-electron chi connectivity index (χ1n) is 7.91. The molecule has 1 fully saturated rings. The van der Waals surface area contributed by atoms with Crippen LogP contribution in [0.15, 0.2) is 48.5 Å². The maximum absolute atomic E-state index is 12.5. The molecule has 1 heterocycles. The smallest absolute Gasteiger partial charge is 0.416 e. The predicted octanol–water partition coefficient (Wildman–Crippen LogP) is 4.19. The lowest BCUT2D eigenvalue weighted by Gasteiger charge is -2.12. The van der Waals surface area contributed by atoms with Crippen LogP contribution < -0.4 is 15.4 Å². The van der Waals surface area contributed by atoms with Crippen LogP contribution in [0.2, 0.25) is 0 Å². The van der Waals surface area contributed by atoms with E-state index in [2.05, 4.69) is 10.6 Å². The molecule has 1 saturated heterocycles. The van der Waals surface area contributed by atoms with Crippen LogP contribution in [0.3, 0.4) is 0 Å². The lowest BCUT2D eigenvalue weighted by Crippen LogP contribution is -2.35. The summed E-state index contributed by atoms with van der Waals surface area (Å²) in [6.45, 7) is 0.845. The fourth-order valence-corrected chi connectivity index (χ4v) is 2.59. The van der Waals surface area contributed by atoms with E-state index in [1.165, 1.54) is 12.1 Å². The molecule has 0 saturated carbocycles. The van der Waals surface area contributed by atoms with Gasteiger partial charge in [0, 0.05) is 5.69 Å². The first-order chi connectivity index (χ1) is 11.9. The van der Waals surface area contributed by atoms with Crippen molar-refractivity contribution in [3.05, 3.63) is 54.1 Å². The summed E-state index contributed by atoms with van der Waals surface area (Å²) >= 11 is 0. The zero-order valence-corrected chi connectivity index (χ0v) is 13.3. The minimum absolute atomic E-state index is 0.0751. The Labute approximate surface area is 143 Å². The number of rotatable bonds is 4. The summed E-state index contributed by atoms with van der Waals surface area (Å²) in [7, 11) is 0. The van der Waals surface area contributed by atoms with Gasteiger partial charge in [-0.1, -0.05) is 0 Å². The van der Waals surface area contributed by atoms with E-state index in [0.717, 1.165) is 31.5 Å². The van der Waals surface area contributed by atoms with Crippen LogP contribution in [-0.2, 0) is 11.0 Å². The van der Waals surface area contributed by atoms with Gasteiger partial charge in [-0.2, -0.15) is 13.2 Å². The summed E-state index contributed by atoms with van der Waals surface area (Å²) in [6.07, 6.45) is -2.56. The molecule has 2 N–H and O–H groups in total. The van der Waals surface area contributed by atoms with E-state index >= 15 is 0 Å². The van der Waals surface area contributed by atoms with E-state index in [4.69, 9.17) is 4.74 Å². The van der Waals surface area contributed by atoms with Gasteiger partial charge in [0.25, 0.3) is 0 Å². The molecule has 1 atom stereocenters. The van der Waals surface area contributed by atoms with Crippen molar-refractivity contribution in [2.45, 2.75) is 25.1 Å². The molecule has 1 amide bonds. The molecular weight excluding hydrogens is 333 g/mol. The number of alkyl halides is 3. The van der Waals surface area contributed by atoms with Gasteiger partial charge in [0.1, 0.15) is 11.5 Å². The molecule has 1 aliphatic heterocycles. The van der Waals surface area contributed by atoms with Gasteiger partial charge < -0.3 is 15.4 Å². The first-order valence-corrected chi connectivity index (χ1v) is 7.91. The third kappa shape index (κ3) is 4.51. The fourth-order valence-electron chi connectivity index (χ4n) is 2.59. The van der Waals surface area contributed by atoms with Crippen LogP contribution in [0.4, 0.5) is 18.9 Å². The molecular formula is C18H17F3N2O2. The van der Waals surface area contributed by atoms with Gasteiger partial charge >= 0.3 is 6.18 Å². The number of nitrogens with one attached hydrogen (secondary N) is 2. The summed E-state index contributed by atoms with van der Waals surface area (Å²) in [5.41, 5.74) is -0.0862. The van der Waals surface area contributed by atoms with Gasteiger partial charge in [0.15, 0.2) is 0 Å². The van der Waals surface area contributed by atoms with E-state index < -0.39 is 11.7 Å². The zero-order valence-electron chi connectivity index (χ0n) is 13.3. The van der Waals surface area contributed by atoms with Crippen LogP contribution in [0.5, 0.6) is 11.5 Å². The van der Waals surface area contributed by atoms with E-state index in [-0.39, 0.29) is 11.9 Å². The van der Waals surface area contributed by atoms with Gasteiger partial charge in [0.05, 0.1) is 11.6 Å². The van der Waals surface area contributed by atoms with Crippen molar-refractivity contribution < 1.29 is 22.7 Å². The summed E-state index contributed by atoms with van der Waals surface area (Å²) in [5.74, 6) is 0.700. The fraction of sp³-hybridized carbons (Fsp3) is 0.278. The number of amides is 1. The maximum atomic E-state index is 12.5. The predicted molar refractivity (Wildman–Crippen MR) is 87.6 cm³/mol. The minimum atomic E-state index is -4.37. The Kier molecular flexibility index (Phi) is 4.94. The largest absolute Gasteiger partial charge is 0.457 e. The Morgan fingerprint density at radius 2 is 1.64 bits per heavy atom. The molecule has 0 aliphatic carbocycles. The Balaban J connectivity index is 1.59. The maximum Gasteiger partial charge on any atom is 0.416 e. The van der Waals surface area contributed by atoms with Gasteiger partial charge in [-0.25, -0.2) is 0 Å². The summed E-state index contributed by atoms with van der Waals surface area (Å²) < 4.78 is 43.1. The minimum Gasteiger partial charge on any atom is -0.457 e. The topological polar surface area (TPSA) is 50.4 Å². The van der Waals surface area contributed by atoms with Crippen LogP contribution in [0.1, 0.15) is 18.4 Å². The average molecular weight is 350 g/mol. The van der Waals surface area contributed by atoms with Gasteiger partial charge in [-0.05, 0) is 67.9 Å². The molecule has 7 heteroatoms. The first kappa shape index (κ1) is 17.3. The van der Waals surface area contributed by atoms with Crippen molar-refractivity contribution in [2.24, 2.45) is 0 Å². The summed E-state index contributed by atoms with van der Waals surface area (Å²) in [6, 6.07) is 11.0. The molecule has 2 aromatic rings. The van der Waals surface area contributed by atoms with E-state index in [0.29, 0.717) is 17.2 Å². The molecule has 4 nitrogen and oxygen atoms in total. The third-order valence-electron chi connectivity index (χ3n) is 3.92. The van der Waals surface area contributed by atoms with Crippen LogP contribution in [-0.4, -0.2) is 18.5 Å². The molecule has 0 radical (unpaired) electrons. The summed E-state index contributed by atoms with van der Waals surface area (Å²) in [4.78, 5) is 12.0. The molecule has 3 rings (SSSR count). The zero-order chi connectivity index (χ0) is 17.9. The summed E-state index contributed by atoms with van der Waals surface area (Å²) in [5, 5.41) is 5.94. The molecule has 0 aromatic heterocycles. The quantitative estimate of drug-likeness (QED) is 0.869. The van der Waals surface area contributed by atoms with Crippen molar-refractivity contribution in [2.75, 3.05) is 11.9 Å². The van der Waals surface area contributed by atoms with Crippen LogP contribution >= 0.6 is 0 Å².